The van der Waals surface area contributed by atoms with Crippen molar-refractivity contribution in [1.29, 1.82) is 0 Å². The zero-order valence-corrected chi connectivity index (χ0v) is 15.2. The molecule has 1 fully saturated rings. The molecule has 0 aliphatic carbocycles. The Hall–Kier alpha value is -3.19. The van der Waals surface area contributed by atoms with Crippen LogP contribution < -0.4 is 11.1 Å². The van der Waals surface area contributed by atoms with Crippen molar-refractivity contribution < 1.29 is 8.81 Å². The van der Waals surface area contributed by atoms with Gasteiger partial charge in [0, 0.05) is 34.5 Å². The average Bonchev–Trinajstić information content (AvgIpc) is 3.37. The molecule has 0 bridgehead atoms. The molecular weight excluding hydrogens is 357 g/mol. The Balaban J connectivity index is 1.58. The summed E-state index contributed by atoms with van der Waals surface area (Å²) in [6.07, 6.45) is 7.77. The number of piperidine rings is 1. The van der Waals surface area contributed by atoms with Crippen LogP contribution in [0.15, 0.2) is 53.3 Å². The summed E-state index contributed by atoms with van der Waals surface area (Å²) in [5.74, 6) is 0.556. The second-order valence-corrected chi connectivity index (χ2v) is 7.11. The number of anilines is 1. The Labute approximate surface area is 161 Å². The van der Waals surface area contributed by atoms with Gasteiger partial charge in [-0.05, 0) is 44.1 Å². The second kappa shape index (κ2) is 6.76. The lowest BCUT2D eigenvalue weighted by Gasteiger charge is -2.22. The largest absolute Gasteiger partial charge is 0.452 e. The Morgan fingerprint density at radius 2 is 2.00 bits per heavy atom. The number of nitrogen functional groups attached to an aromatic ring is 1. The molecule has 1 aliphatic rings. The zero-order chi connectivity index (χ0) is 19.1. The van der Waals surface area contributed by atoms with Crippen molar-refractivity contribution in [3.05, 3.63) is 54.7 Å². The summed E-state index contributed by atoms with van der Waals surface area (Å²) in [4.78, 5) is 4.29. The predicted molar refractivity (Wildman–Crippen MR) is 106 cm³/mol. The normalized spacial score (nSPS) is 15.3. The standard InChI is InChI=1S/C21H20FN5O/c22-15-3-1-2-13(8-15)19-9-17-18(11-25-21(23)20(17)28-19)14-10-26-27(12-14)16-4-6-24-7-5-16/h1-3,8-12,16,24H,4-7H2,(H2,23,25). The van der Waals surface area contributed by atoms with Crippen molar-refractivity contribution in [2.45, 2.75) is 18.9 Å². The number of pyridine rings is 1. The number of furan rings is 1. The van der Waals surface area contributed by atoms with Crippen LogP contribution in [0.4, 0.5) is 10.2 Å². The molecule has 0 saturated carbocycles. The van der Waals surface area contributed by atoms with Crippen molar-refractivity contribution in [1.82, 2.24) is 20.1 Å². The first-order valence-corrected chi connectivity index (χ1v) is 9.38. The lowest BCUT2D eigenvalue weighted by molar-refractivity contribution is 0.343. The number of benzene rings is 1. The molecule has 0 spiro atoms. The molecule has 5 rings (SSSR count). The van der Waals surface area contributed by atoms with Crippen LogP contribution in [0.2, 0.25) is 0 Å². The van der Waals surface area contributed by atoms with Gasteiger partial charge in [0.1, 0.15) is 11.6 Å². The maximum absolute atomic E-state index is 13.6. The molecule has 3 N–H and O–H groups in total. The number of nitrogens with two attached hydrogens (primary N) is 1. The molecule has 3 aromatic heterocycles. The topological polar surface area (TPSA) is 81.9 Å². The van der Waals surface area contributed by atoms with Gasteiger partial charge in [-0.3, -0.25) is 4.68 Å². The number of rotatable bonds is 3. The third-order valence-corrected chi connectivity index (χ3v) is 5.29. The minimum atomic E-state index is -0.312. The van der Waals surface area contributed by atoms with Crippen LogP contribution in [0.1, 0.15) is 18.9 Å². The van der Waals surface area contributed by atoms with E-state index in [0.717, 1.165) is 42.4 Å². The highest BCUT2D eigenvalue weighted by Crippen LogP contribution is 2.36. The van der Waals surface area contributed by atoms with Crippen LogP contribution in [0.5, 0.6) is 0 Å². The minimum absolute atomic E-state index is 0.312. The van der Waals surface area contributed by atoms with E-state index in [4.69, 9.17) is 10.2 Å². The summed E-state index contributed by atoms with van der Waals surface area (Å²) < 4.78 is 21.6. The van der Waals surface area contributed by atoms with Gasteiger partial charge in [-0.2, -0.15) is 5.10 Å². The van der Waals surface area contributed by atoms with E-state index in [0.29, 0.717) is 28.8 Å². The molecule has 1 aromatic carbocycles. The number of fused-ring (bicyclic) bond motifs is 1. The highest BCUT2D eigenvalue weighted by atomic mass is 19.1. The van der Waals surface area contributed by atoms with E-state index in [9.17, 15) is 4.39 Å². The zero-order valence-electron chi connectivity index (χ0n) is 15.2. The van der Waals surface area contributed by atoms with E-state index in [-0.39, 0.29) is 5.82 Å². The number of nitrogens with zero attached hydrogens (tertiary/aromatic N) is 3. The summed E-state index contributed by atoms with van der Waals surface area (Å²) in [5.41, 5.74) is 9.06. The van der Waals surface area contributed by atoms with Crippen LogP contribution in [0.25, 0.3) is 33.4 Å². The summed E-state index contributed by atoms with van der Waals surface area (Å²) in [7, 11) is 0. The Morgan fingerprint density at radius 1 is 1.14 bits per heavy atom. The highest BCUT2D eigenvalue weighted by molar-refractivity contribution is 6.00. The maximum Gasteiger partial charge on any atom is 0.177 e. The smallest absolute Gasteiger partial charge is 0.177 e. The molecule has 0 atom stereocenters. The van der Waals surface area contributed by atoms with Crippen molar-refractivity contribution in [3.8, 4) is 22.5 Å². The minimum Gasteiger partial charge on any atom is -0.452 e. The van der Waals surface area contributed by atoms with E-state index < -0.39 is 0 Å². The summed E-state index contributed by atoms with van der Waals surface area (Å²) in [6, 6.07) is 8.60. The molecule has 6 nitrogen and oxygen atoms in total. The summed E-state index contributed by atoms with van der Waals surface area (Å²) in [6.45, 7) is 2.01. The number of halogens is 1. The van der Waals surface area contributed by atoms with Gasteiger partial charge in [-0.15, -0.1) is 0 Å². The van der Waals surface area contributed by atoms with Gasteiger partial charge in [0.25, 0.3) is 0 Å². The SMILES string of the molecule is Nc1ncc(-c2cnn(C3CCNCC3)c2)c2cc(-c3cccc(F)c3)oc12. The first-order valence-electron chi connectivity index (χ1n) is 9.38. The lowest BCUT2D eigenvalue weighted by atomic mass is 10.1. The molecule has 7 heteroatoms. The molecule has 4 aromatic rings. The van der Waals surface area contributed by atoms with E-state index >= 15 is 0 Å². The van der Waals surface area contributed by atoms with Crippen molar-refractivity contribution in [3.63, 3.8) is 0 Å². The highest BCUT2D eigenvalue weighted by Gasteiger charge is 2.19. The van der Waals surface area contributed by atoms with E-state index in [1.165, 1.54) is 12.1 Å². The van der Waals surface area contributed by atoms with E-state index in [1.807, 2.05) is 16.9 Å². The van der Waals surface area contributed by atoms with E-state index in [1.54, 1.807) is 18.3 Å². The Bertz CT molecular complexity index is 1140. The fraction of sp³-hybridized carbons (Fsp3) is 0.238. The number of hydrogen-bond donors (Lipinski definition) is 2. The van der Waals surface area contributed by atoms with Gasteiger partial charge in [0.05, 0.1) is 12.2 Å². The Morgan fingerprint density at radius 3 is 2.82 bits per heavy atom. The van der Waals surface area contributed by atoms with Crippen molar-refractivity contribution in [2.75, 3.05) is 18.8 Å². The third kappa shape index (κ3) is 2.93. The molecule has 1 aliphatic heterocycles. The van der Waals surface area contributed by atoms with Crippen molar-refractivity contribution in [2.24, 2.45) is 0 Å². The lowest BCUT2D eigenvalue weighted by Crippen LogP contribution is -2.29. The number of aromatic nitrogens is 3. The molecule has 0 amide bonds. The molecular formula is C21H20FN5O. The van der Waals surface area contributed by atoms with Crippen molar-refractivity contribution >= 4 is 16.8 Å². The average molecular weight is 377 g/mol. The maximum atomic E-state index is 13.6. The first kappa shape index (κ1) is 16.9. The van der Waals surface area contributed by atoms with Gasteiger partial charge in [0.15, 0.2) is 11.4 Å². The summed E-state index contributed by atoms with van der Waals surface area (Å²) in [5, 5.41) is 8.79. The second-order valence-electron chi connectivity index (χ2n) is 7.11. The predicted octanol–water partition coefficient (Wildman–Crippen LogP) is 4.00. The third-order valence-electron chi connectivity index (χ3n) is 5.29. The fourth-order valence-electron chi connectivity index (χ4n) is 3.81. The molecule has 1 saturated heterocycles. The fourth-order valence-corrected chi connectivity index (χ4v) is 3.81. The Kier molecular flexibility index (Phi) is 4.09. The van der Waals surface area contributed by atoms with Gasteiger partial charge in [-0.1, -0.05) is 12.1 Å². The monoisotopic (exact) mass is 377 g/mol. The van der Waals surface area contributed by atoms with Crippen LogP contribution in [0, 0.1) is 5.82 Å². The molecule has 0 radical (unpaired) electrons. The van der Waals surface area contributed by atoms with Gasteiger partial charge in [0.2, 0.25) is 0 Å². The van der Waals surface area contributed by atoms with Crippen LogP contribution in [0.3, 0.4) is 0 Å². The van der Waals surface area contributed by atoms with Crippen LogP contribution in [-0.2, 0) is 0 Å². The molecule has 0 unspecified atom stereocenters. The van der Waals surface area contributed by atoms with Gasteiger partial charge in [-0.25, -0.2) is 9.37 Å². The first-order chi connectivity index (χ1) is 13.7. The quantitative estimate of drug-likeness (QED) is 0.564. The van der Waals surface area contributed by atoms with Gasteiger partial charge < -0.3 is 15.5 Å². The van der Waals surface area contributed by atoms with Crippen LogP contribution >= 0.6 is 0 Å². The number of hydrogen-bond acceptors (Lipinski definition) is 5. The van der Waals surface area contributed by atoms with E-state index in [2.05, 4.69) is 21.6 Å². The van der Waals surface area contributed by atoms with Crippen LogP contribution in [-0.4, -0.2) is 27.9 Å². The van der Waals surface area contributed by atoms with Gasteiger partial charge >= 0.3 is 0 Å². The molecule has 28 heavy (non-hydrogen) atoms. The summed E-state index contributed by atoms with van der Waals surface area (Å²) >= 11 is 0. The molecule has 4 heterocycles. The number of nitrogens with one attached hydrogen (secondary N) is 1. The molecule has 142 valence electrons.